The number of aromatic nitrogens is 1. The van der Waals surface area contributed by atoms with Crippen LogP contribution < -0.4 is 10.3 Å². The predicted molar refractivity (Wildman–Crippen MR) is 149 cm³/mol. The maximum absolute atomic E-state index is 12.9. The number of hydrogen-bond acceptors (Lipinski definition) is 9. The molecular weight excluding hydrogens is 492 g/mol. The first kappa shape index (κ1) is 26.0. The number of nitrogens with one attached hydrogen (secondary N) is 1. The van der Waals surface area contributed by atoms with Gasteiger partial charge < -0.3 is 9.57 Å². The molecule has 0 bridgehead atoms. The molecule has 9 heteroatoms. The molecule has 3 aromatic carbocycles. The number of pyridine rings is 1. The van der Waals surface area contributed by atoms with Gasteiger partial charge in [0.15, 0.2) is 18.5 Å². The summed E-state index contributed by atoms with van der Waals surface area (Å²) in [6.45, 7) is 6.51. The number of likely N-dealkylation sites (N-methyl/N-ethyl adjacent to an activating group) is 1. The van der Waals surface area contributed by atoms with Crippen molar-refractivity contribution in [2.24, 2.45) is 15.5 Å². The third-order valence-electron chi connectivity index (χ3n) is 6.36. The van der Waals surface area contributed by atoms with E-state index in [1.807, 2.05) is 73.8 Å². The van der Waals surface area contributed by atoms with Gasteiger partial charge in [-0.2, -0.15) is 5.01 Å². The van der Waals surface area contributed by atoms with Crippen LogP contribution in [0.5, 0.6) is 5.75 Å². The highest BCUT2D eigenvalue weighted by molar-refractivity contribution is 6.04. The normalized spacial score (nSPS) is 15.8. The summed E-state index contributed by atoms with van der Waals surface area (Å²) >= 11 is 0. The minimum atomic E-state index is -0.438. The van der Waals surface area contributed by atoms with Gasteiger partial charge >= 0.3 is 5.97 Å². The van der Waals surface area contributed by atoms with Gasteiger partial charge in [0.1, 0.15) is 11.2 Å². The summed E-state index contributed by atoms with van der Waals surface area (Å²) in [7, 11) is 1.83. The van der Waals surface area contributed by atoms with Gasteiger partial charge in [-0.05, 0) is 35.2 Å². The lowest BCUT2D eigenvalue weighted by Crippen LogP contribution is -2.39. The molecule has 0 amide bonds. The van der Waals surface area contributed by atoms with E-state index >= 15 is 0 Å². The molecule has 0 saturated heterocycles. The number of hydrogen-bond donors (Lipinski definition) is 1. The van der Waals surface area contributed by atoms with Crippen molar-refractivity contribution in [3.8, 4) is 5.75 Å². The molecule has 198 valence electrons. The first-order chi connectivity index (χ1) is 18.8. The molecule has 9 nitrogen and oxygen atoms in total. The summed E-state index contributed by atoms with van der Waals surface area (Å²) in [6.07, 6.45) is -0.430. The lowest BCUT2D eigenvalue weighted by molar-refractivity contribution is 0.0736. The molecule has 2 heterocycles. The van der Waals surface area contributed by atoms with Gasteiger partial charge in [0.25, 0.3) is 0 Å². The molecule has 4 aromatic rings. The van der Waals surface area contributed by atoms with Crippen LogP contribution in [0.1, 0.15) is 48.0 Å². The minimum absolute atomic E-state index is 0.000376. The van der Waals surface area contributed by atoms with Gasteiger partial charge in [-0.3, -0.25) is 0 Å². The van der Waals surface area contributed by atoms with Crippen molar-refractivity contribution in [3.05, 3.63) is 107 Å². The van der Waals surface area contributed by atoms with Crippen molar-refractivity contribution in [1.29, 1.82) is 0 Å². The molecule has 0 radical (unpaired) electrons. The van der Waals surface area contributed by atoms with Gasteiger partial charge in [0.2, 0.25) is 0 Å². The fraction of sp³-hybridized carbons (Fsp3) is 0.233. The van der Waals surface area contributed by atoms with E-state index in [0.29, 0.717) is 28.2 Å². The molecule has 5 rings (SSSR count). The monoisotopic (exact) mass is 522 g/mol. The summed E-state index contributed by atoms with van der Waals surface area (Å²) in [4.78, 5) is 23.4. The highest BCUT2D eigenvalue weighted by Gasteiger charge is 2.27. The molecule has 1 N–H and O–H groups in total. The first-order valence-electron chi connectivity index (χ1n) is 12.6. The Bertz CT molecular complexity index is 1530. The van der Waals surface area contributed by atoms with E-state index in [4.69, 9.17) is 14.6 Å². The Hall–Kier alpha value is -4.63. The van der Waals surface area contributed by atoms with Crippen molar-refractivity contribution in [1.82, 2.24) is 15.5 Å². The molecule has 0 spiro atoms. The standard InChI is InChI=1S/C30H30N6O3/c1-30(2,3)23-16-13-22(14-17-23)29(37)39-25-12-8-11-21-15-18-24(31-26(21)25)19-38-33-27(20-9-6-5-7-10-20)28-32-34-35-36(28)4/h5-18,28H,19H2,1-4H3,(H,32,35)/b33-27-. The SMILES string of the molecule is CN1NN=NC1/C(=N\OCc1ccc2cccc(OC(=O)c3ccc(C(C)(C)C)cc3)c2n1)c1ccccc1. The molecule has 0 saturated carbocycles. The van der Waals surface area contributed by atoms with Crippen LogP contribution in [0.3, 0.4) is 0 Å². The number of hydrazine groups is 1. The van der Waals surface area contributed by atoms with Crippen LogP contribution in [0.25, 0.3) is 10.9 Å². The van der Waals surface area contributed by atoms with Crippen molar-refractivity contribution in [2.75, 3.05) is 7.05 Å². The van der Waals surface area contributed by atoms with E-state index in [2.05, 4.69) is 41.8 Å². The third-order valence-corrected chi connectivity index (χ3v) is 6.36. The summed E-state index contributed by atoms with van der Waals surface area (Å²) in [6, 6.07) is 26.4. The van der Waals surface area contributed by atoms with Crippen molar-refractivity contribution in [3.63, 3.8) is 0 Å². The number of esters is 1. The minimum Gasteiger partial charge on any atom is -0.421 e. The fourth-order valence-corrected chi connectivity index (χ4v) is 4.14. The second kappa shape index (κ2) is 11.0. The zero-order valence-electron chi connectivity index (χ0n) is 22.3. The van der Waals surface area contributed by atoms with Crippen LogP contribution in [0, 0.1) is 0 Å². The number of carbonyl (C=O) groups excluding carboxylic acids is 1. The largest absolute Gasteiger partial charge is 0.421 e. The Morgan fingerprint density at radius 3 is 2.41 bits per heavy atom. The van der Waals surface area contributed by atoms with E-state index < -0.39 is 12.1 Å². The second-order valence-corrected chi connectivity index (χ2v) is 10.3. The highest BCUT2D eigenvalue weighted by Crippen LogP contribution is 2.26. The van der Waals surface area contributed by atoms with E-state index in [1.165, 1.54) is 0 Å². The number of carbonyl (C=O) groups is 1. The zero-order valence-corrected chi connectivity index (χ0v) is 22.3. The molecule has 1 aromatic heterocycles. The number of rotatable bonds is 7. The highest BCUT2D eigenvalue weighted by atomic mass is 16.6. The topological polar surface area (TPSA) is 101 Å². The quantitative estimate of drug-likeness (QED) is 0.142. The third kappa shape index (κ3) is 5.94. The Kier molecular flexibility index (Phi) is 7.33. The second-order valence-electron chi connectivity index (χ2n) is 10.3. The van der Waals surface area contributed by atoms with Crippen molar-refractivity contribution >= 4 is 22.6 Å². The van der Waals surface area contributed by atoms with Crippen LogP contribution in [-0.2, 0) is 16.9 Å². The van der Waals surface area contributed by atoms with Gasteiger partial charge in [0.05, 0.1) is 11.3 Å². The van der Waals surface area contributed by atoms with Gasteiger partial charge in [-0.15, -0.1) is 5.11 Å². The van der Waals surface area contributed by atoms with Crippen LogP contribution in [0.4, 0.5) is 0 Å². The molecule has 0 aliphatic carbocycles. The van der Waals surface area contributed by atoms with E-state index in [-0.39, 0.29) is 12.0 Å². The number of fused-ring (bicyclic) bond motifs is 1. The summed E-state index contributed by atoms with van der Waals surface area (Å²) in [5.41, 5.74) is 7.10. The molecule has 1 unspecified atom stereocenters. The smallest absolute Gasteiger partial charge is 0.343 e. The zero-order chi connectivity index (χ0) is 27.4. The van der Waals surface area contributed by atoms with Crippen LogP contribution >= 0.6 is 0 Å². The Morgan fingerprint density at radius 1 is 0.949 bits per heavy atom. The fourth-order valence-electron chi connectivity index (χ4n) is 4.14. The maximum atomic E-state index is 12.9. The van der Waals surface area contributed by atoms with Gasteiger partial charge in [0, 0.05) is 18.0 Å². The summed E-state index contributed by atoms with van der Waals surface area (Å²) < 4.78 is 5.77. The van der Waals surface area contributed by atoms with Crippen LogP contribution in [-0.4, -0.2) is 34.9 Å². The van der Waals surface area contributed by atoms with Gasteiger partial charge in [-0.25, -0.2) is 15.3 Å². The molecule has 1 aliphatic heterocycles. The lowest BCUT2D eigenvalue weighted by atomic mass is 9.87. The number of nitrogens with zero attached hydrogens (tertiary/aromatic N) is 5. The Labute approximate surface area is 227 Å². The first-order valence-corrected chi connectivity index (χ1v) is 12.6. The van der Waals surface area contributed by atoms with E-state index in [1.54, 1.807) is 23.2 Å². The molecule has 1 aliphatic rings. The maximum Gasteiger partial charge on any atom is 0.343 e. The summed E-state index contributed by atoms with van der Waals surface area (Å²) in [5.74, 6) is -0.0567. The number of para-hydroxylation sites is 1. The molecular formula is C30H30N6O3. The average Bonchev–Trinajstić information content (AvgIpc) is 3.36. The van der Waals surface area contributed by atoms with Crippen molar-refractivity contribution < 1.29 is 14.4 Å². The lowest BCUT2D eigenvalue weighted by Gasteiger charge is -2.19. The van der Waals surface area contributed by atoms with Crippen LogP contribution in [0.15, 0.2) is 100 Å². The number of oxime groups is 1. The predicted octanol–water partition coefficient (Wildman–Crippen LogP) is 5.82. The Morgan fingerprint density at radius 2 is 1.72 bits per heavy atom. The molecule has 1 atom stereocenters. The molecule has 39 heavy (non-hydrogen) atoms. The van der Waals surface area contributed by atoms with Crippen molar-refractivity contribution in [2.45, 2.75) is 39.0 Å². The number of benzene rings is 3. The van der Waals surface area contributed by atoms with Crippen LogP contribution in [0.2, 0.25) is 0 Å². The Balaban J connectivity index is 1.35. The van der Waals surface area contributed by atoms with E-state index in [0.717, 1.165) is 16.5 Å². The van der Waals surface area contributed by atoms with Gasteiger partial charge in [-0.1, -0.05) is 91.8 Å². The average molecular weight is 523 g/mol. The van der Waals surface area contributed by atoms with E-state index in [9.17, 15) is 4.79 Å². The number of ether oxygens (including phenoxy) is 1. The summed E-state index contributed by atoms with van der Waals surface area (Å²) in [5, 5.41) is 15.1. The molecule has 0 fully saturated rings.